The van der Waals surface area contributed by atoms with Crippen LogP contribution in [0.15, 0.2) is 30.7 Å². The maximum atomic E-state index is 13.2. The zero-order valence-electron chi connectivity index (χ0n) is 16.1. The number of hydrogen-bond donors (Lipinski definition) is 1. The number of carbonyl (C=O) groups is 1. The molecule has 2 saturated heterocycles. The van der Waals surface area contributed by atoms with Gasteiger partial charge in [-0.3, -0.25) is 9.78 Å². The second-order valence-corrected chi connectivity index (χ2v) is 9.46. The monoisotopic (exact) mass is 396 g/mol. The van der Waals surface area contributed by atoms with Crippen molar-refractivity contribution in [2.24, 2.45) is 0 Å². The molecular formula is C21H24N4O2S. The van der Waals surface area contributed by atoms with E-state index in [4.69, 9.17) is 0 Å². The number of rotatable bonds is 3. The summed E-state index contributed by atoms with van der Waals surface area (Å²) in [6.07, 6.45) is 8.81. The lowest BCUT2D eigenvalue weighted by Gasteiger charge is -2.44. The van der Waals surface area contributed by atoms with Crippen LogP contribution in [-0.2, 0) is 6.54 Å². The molecule has 0 aromatic carbocycles. The second-order valence-electron chi connectivity index (χ2n) is 8.26. The van der Waals surface area contributed by atoms with Gasteiger partial charge in [0, 0.05) is 29.9 Å². The van der Waals surface area contributed by atoms with Crippen LogP contribution in [0, 0.1) is 13.8 Å². The van der Waals surface area contributed by atoms with Gasteiger partial charge >= 0.3 is 0 Å². The van der Waals surface area contributed by atoms with Crippen molar-refractivity contribution in [3.05, 3.63) is 46.3 Å². The third-order valence-electron chi connectivity index (χ3n) is 6.22. The van der Waals surface area contributed by atoms with E-state index in [0.717, 1.165) is 39.3 Å². The molecule has 3 aromatic rings. The molecule has 5 rings (SSSR count). The fourth-order valence-electron chi connectivity index (χ4n) is 5.11. The average molecular weight is 397 g/mol. The number of thiazole rings is 1. The Morgan fingerprint density at radius 3 is 2.71 bits per heavy atom. The minimum absolute atomic E-state index is 0.0910. The van der Waals surface area contributed by atoms with Crippen molar-refractivity contribution in [2.45, 2.75) is 63.8 Å². The van der Waals surface area contributed by atoms with Gasteiger partial charge in [0.15, 0.2) is 0 Å². The van der Waals surface area contributed by atoms with E-state index in [9.17, 15) is 9.90 Å². The standard InChI is InChI=1S/C21H24N4O2S/c1-13-19(28-14(2)23-13)20(26)25-16-3-4-17(25)10-21(27,9-16)12-24-8-6-15-5-7-22-11-18(15)24/h5-8,11,16-17,27H,3-4,9-10,12H2,1-2H3/t16-,17-/m1/s1. The molecule has 2 aliphatic heterocycles. The molecule has 0 radical (unpaired) electrons. The Morgan fingerprint density at radius 2 is 2.04 bits per heavy atom. The summed E-state index contributed by atoms with van der Waals surface area (Å²) in [5.74, 6) is 0.0910. The van der Waals surface area contributed by atoms with Gasteiger partial charge in [0.05, 0.1) is 34.6 Å². The summed E-state index contributed by atoms with van der Waals surface area (Å²) in [4.78, 5) is 24.6. The minimum Gasteiger partial charge on any atom is -0.388 e. The van der Waals surface area contributed by atoms with E-state index in [-0.39, 0.29) is 18.0 Å². The summed E-state index contributed by atoms with van der Waals surface area (Å²) in [5, 5.41) is 13.5. The van der Waals surface area contributed by atoms with Crippen LogP contribution in [-0.4, -0.2) is 48.1 Å². The fraction of sp³-hybridized carbons (Fsp3) is 0.476. The van der Waals surface area contributed by atoms with Crippen LogP contribution in [0.4, 0.5) is 0 Å². The van der Waals surface area contributed by atoms with Gasteiger partial charge in [0.25, 0.3) is 5.91 Å². The molecule has 6 nitrogen and oxygen atoms in total. The third-order valence-corrected chi connectivity index (χ3v) is 7.29. The van der Waals surface area contributed by atoms with Crippen LogP contribution >= 0.6 is 11.3 Å². The van der Waals surface area contributed by atoms with Crippen molar-refractivity contribution in [3.63, 3.8) is 0 Å². The van der Waals surface area contributed by atoms with E-state index in [1.807, 2.05) is 37.2 Å². The molecule has 0 aliphatic carbocycles. The number of hydrogen-bond acceptors (Lipinski definition) is 5. The summed E-state index contributed by atoms with van der Waals surface area (Å²) in [6.45, 7) is 4.38. The molecule has 2 aliphatic rings. The van der Waals surface area contributed by atoms with Crippen molar-refractivity contribution in [1.82, 2.24) is 19.4 Å². The normalized spacial score (nSPS) is 26.9. The molecule has 1 amide bonds. The zero-order chi connectivity index (χ0) is 19.5. The van der Waals surface area contributed by atoms with Crippen LogP contribution in [0.1, 0.15) is 46.1 Å². The molecule has 7 heteroatoms. The van der Waals surface area contributed by atoms with Gasteiger partial charge in [0.1, 0.15) is 4.88 Å². The topological polar surface area (TPSA) is 71.2 Å². The first-order valence-corrected chi connectivity index (χ1v) is 10.6. The quantitative estimate of drug-likeness (QED) is 0.737. The van der Waals surface area contributed by atoms with E-state index in [1.54, 1.807) is 6.20 Å². The van der Waals surface area contributed by atoms with E-state index >= 15 is 0 Å². The largest absolute Gasteiger partial charge is 0.388 e. The molecule has 0 spiro atoms. The smallest absolute Gasteiger partial charge is 0.266 e. The van der Waals surface area contributed by atoms with Crippen LogP contribution in [0.25, 0.3) is 10.9 Å². The summed E-state index contributed by atoms with van der Waals surface area (Å²) in [5.41, 5.74) is 1.06. The highest BCUT2D eigenvalue weighted by molar-refractivity contribution is 7.13. The number of aromatic nitrogens is 3. The molecule has 5 heterocycles. The number of aryl methyl sites for hydroxylation is 2. The predicted molar refractivity (Wildman–Crippen MR) is 108 cm³/mol. The summed E-state index contributed by atoms with van der Waals surface area (Å²) >= 11 is 1.48. The maximum Gasteiger partial charge on any atom is 0.266 e. The van der Waals surface area contributed by atoms with Gasteiger partial charge < -0.3 is 14.6 Å². The van der Waals surface area contributed by atoms with E-state index in [0.29, 0.717) is 19.4 Å². The number of piperidine rings is 1. The van der Waals surface area contributed by atoms with Gasteiger partial charge in [-0.2, -0.15) is 0 Å². The number of aliphatic hydroxyl groups is 1. The Bertz CT molecular complexity index is 1040. The Kier molecular flexibility index (Phi) is 4.07. The van der Waals surface area contributed by atoms with E-state index < -0.39 is 5.60 Å². The first kappa shape index (κ1) is 17.8. The molecular weight excluding hydrogens is 372 g/mol. The lowest BCUT2D eigenvalue weighted by molar-refractivity contribution is -0.0532. The van der Waals surface area contributed by atoms with Crippen LogP contribution in [0.2, 0.25) is 0 Å². The number of carbonyl (C=O) groups excluding carboxylic acids is 1. The predicted octanol–water partition coefficient (Wildman–Crippen LogP) is 3.31. The number of amides is 1. The highest BCUT2D eigenvalue weighted by Crippen LogP contribution is 2.43. The fourth-order valence-corrected chi connectivity index (χ4v) is 5.98. The van der Waals surface area contributed by atoms with Crippen molar-refractivity contribution < 1.29 is 9.90 Å². The molecule has 2 atom stereocenters. The Morgan fingerprint density at radius 1 is 1.29 bits per heavy atom. The Hall–Kier alpha value is -2.25. The highest BCUT2D eigenvalue weighted by atomic mass is 32.1. The van der Waals surface area contributed by atoms with Gasteiger partial charge in [-0.15, -0.1) is 11.3 Å². The minimum atomic E-state index is -0.803. The summed E-state index contributed by atoms with van der Waals surface area (Å²) in [7, 11) is 0. The second kappa shape index (κ2) is 6.39. The van der Waals surface area contributed by atoms with Crippen LogP contribution < -0.4 is 0 Å². The van der Waals surface area contributed by atoms with Crippen LogP contribution in [0.3, 0.4) is 0 Å². The van der Waals surface area contributed by atoms with Gasteiger partial charge in [-0.1, -0.05) is 0 Å². The van der Waals surface area contributed by atoms with Crippen molar-refractivity contribution in [3.8, 4) is 0 Å². The number of pyridine rings is 1. The molecule has 146 valence electrons. The number of nitrogens with zero attached hydrogens (tertiary/aromatic N) is 4. The first-order chi connectivity index (χ1) is 13.4. The van der Waals surface area contributed by atoms with Crippen LogP contribution in [0.5, 0.6) is 0 Å². The van der Waals surface area contributed by atoms with E-state index in [2.05, 4.69) is 20.6 Å². The molecule has 1 N–H and O–H groups in total. The first-order valence-electron chi connectivity index (χ1n) is 9.81. The molecule has 28 heavy (non-hydrogen) atoms. The molecule has 3 aromatic heterocycles. The Labute approximate surface area is 167 Å². The van der Waals surface area contributed by atoms with E-state index in [1.165, 1.54) is 11.3 Å². The number of fused-ring (bicyclic) bond motifs is 3. The molecule has 2 fully saturated rings. The highest BCUT2D eigenvalue weighted by Gasteiger charge is 2.50. The van der Waals surface area contributed by atoms with Gasteiger partial charge in [0.2, 0.25) is 0 Å². The maximum absolute atomic E-state index is 13.2. The molecule has 0 unspecified atom stereocenters. The molecule has 0 saturated carbocycles. The Balaban J connectivity index is 1.39. The average Bonchev–Trinajstić information content (AvgIpc) is 3.29. The lowest BCUT2D eigenvalue weighted by atomic mass is 9.85. The van der Waals surface area contributed by atoms with Crippen molar-refractivity contribution >= 4 is 28.1 Å². The van der Waals surface area contributed by atoms with Crippen molar-refractivity contribution in [2.75, 3.05) is 0 Å². The van der Waals surface area contributed by atoms with Crippen molar-refractivity contribution in [1.29, 1.82) is 0 Å². The SMILES string of the molecule is Cc1nc(C)c(C(=O)N2[C@@H]3CC[C@@H]2CC(O)(Cn2ccc4ccncc42)C3)s1. The lowest BCUT2D eigenvalue weighted by Crippen LogP contribution is -2.54. The summed E-state index contributed by atoms with van der Waals surface area (Å²) in [6, 6.07) is 4.24. The molecule has 2 bridgehead atoms. The summed E-state index contributed by atoms with van der Waals surface area (Å²) < 4.78 is 2.09. The van der Waals surface area contributed by atoms with Gasteiger partial charge in [-0.05, 0) is 51.7 Å². The van der Waals surface area contributed by atoms with Gasteiger partial charge in [-0.25, -0.2) is 4.98 Å². The zero-order valence-corrected chi connectivity index (χ0v) is 16.9. The third kappa shape index (κ3) is 2.84.